The molecular formula is C11H10F3NO3. The van der Waals surface area contributed by atoms with Gasteiger partial charge in [0.15, 0.2) is 6.79 Å². The second-order valence-electron chi connectivity index (χ2n) is 3.23. The van der Waals surface area contributed by atoms with Gasteiger partial charge >= 0.3 is 6.18 Å². The molecule has 0 aliphatic heterocycles. The zero-order chi connectivity index (χ0) is 13.6. The van der Waals surface area contributed by atoms with Crippen LogP contribution in [0.5, 0.6) is 11.5 Å². The molecule has 0 fully saturated rings. The lowest BCUT2D eigenvalue weighted by atomic mass is 10.2. The van der Waals surface area contributed by atoms with E-state index in [2.05, 4.69) is 4.74 Å². The first-order valence-corrected chi connectivity index (χ1v) is 4.81. The Morgan fingerprint density at radius 3 is 2.44 bits per heavy atom. The summed E-state index contributed by atoms with van der Waals surface area (Å²) in [6, 6.07) is 6.17. The lowest BCUT2D eigenvalue weighted by molar-refractivity contribution is -0.186. The third-order valence-corrected chi connectivity index (χ3v) is 1.82. The van der Waals surface area contributed by atoms with E-state index >= 15 is 0 Å². The fraction of sp³-hybridized carbons (Fsp3) is 0.364. The number of halogens is 3. The molecule has 0 aliphatic carbocycles. The molecule has 0 radical (unpaired) electrons. The summed E-state index contributed by atoms with van der Waals surface area (Å²) in [5.41, 5.74) is 0.278. The molecular weight excluding hydrogens is 251 g/mol. The number of benzene rings is 1. The lowest BCUT2D eigenvalue weighted by Gasteiger charge is -2.10. The van der Waals surface area contributed by atoms with Crippen LogP contribution in [0.1, 0.15) is 5.56 Å². The molecule has 0 heterocycles. The Kier molecular flexibility index (Phi) is 4.80. The Morgan fingerprint density at radius 2 is 1.89 bits per heavy atom. The predicted octanol–water partition coefficient (Wildman–Crippen LogP) is 2.48. The number of nitriles is 1. The molecule has 0 saturated heterocycles. The predicted molar refractivity (Wildman–Crippen MR) is 55.2 cm³/mol. The van der Waals surface area contributed by atoms with Crippen LogP contribution >= 0.6 is 0 Å². The molecule has 1 rings (SSSR count). The van der Waals surface area contributed by atoms with Crippen molar-refractivity contribution in [2.45, 2.75) is 6.18 Å². The molecule has 0 atom stereocenters. The fourth-order valence-corrected chi connectivity index (χ4v) is 1.10. The van der Waals surface area contributed by atoms with Gasteiger partial charge in [0.05, 0.1) is 18.7 Å². The van der Waals surface area contributed by atoms with Crippen molar-refractivity contribution >= 4 is 0 Å². The zero-order valence-electron chi connectivity index (χ0n) is 9.45. The van der Waals surface area contributed by atoms with Crippen molar-refractivity contribution in [3.05, 3.63) is 23.8 Å². The third kappa shape index (κ3) is 4.93. The third-order valence-electron chi connectivity index (χ3n) is 1.82. The maximum absolute atomic E-state index is 11.8. The van der Waals surface area contributed by atoms with Crippen molar-refractivity contribution in [2.24, 2.45) is 0 Å². The number of nitrogens with zero attached hydrogens (tertiary/aromatic N) is 1. The average molecular weight is 261 g/mol. The summed E-state index contributed by atoms with van der Waals surface area (Å²) in [6.45, 7) is -1.94. The van der Waals surface area contributed by atoms with Gasteiger partial charge in [-0.25, -0.2) is 0 Å². The van der Waals surface area contributed by atoms with E-state index in [1.165, 1.54) is 25.3 Å². The van der Waals surface area contributed by atoms with Gasteiger partial charge in [-0.05, 0) is 12.1 Å². The molecule has 4 nitrogen and oxygen atoms in total. The largest absolute Gasteiger partial charge is 0.497 e. The monoisotopic (exact) mass is 261 g/mol. The highest BCUT2D eigenvalue weighted by Crippen LogP contribution is 2.22. The molecule has 0 aromatic heterocycles. The lowest BCUT2D eigenvalue weighted by Crippen LogP contribution is -2.19. The Morgan fingerprint density at radius 1 is 1.22 bits per heavy atom. The van der Waals surface area contributed by atoms with Gasteiger partial charge in [0.2, 0.25) is 0 Å². The van der Waals surface area contributed by atoms with Crippen molar-refractivity contribution in [3.63, 3.8) is 0 Å². The van der Waals surface area contributed by atoms with Crippen LogP contribution in [0.25, 0.3) is 0 Å². The van der Waals surface area contributed by atoms with Gasteiger partial charge in [-0.3, -0.25) is 0 Å². The normalized spacial score (nSPS) is 10.8. The Bertz CT molecular complexity index is 440. The first kappa shape index (κ1) is 14.1. The number of rotatable bonds is 5. The van der Waals surface area contributed by atoms with E-state index in [4.69, 9.17) is 14.7 Å². The van der Waals surface area contributed by atoms with Crippen molar-refractivity contribution in [3.8, 4) is 17.6 Å². The van der Waals surface area contributed by atoms with Crippen LogP contribution in [-0.2, 0) is 4.74 Å². The van der Waals surface area contributed by atoms with Gasteiger partial charge in [-0.15, -0.1) is 0 Å². The Labute approximate surface area is 101 Å². The van der Waals surface area contributed by atoms with Crippen LogP contribution in [0.15, 0.2) is 18.2 Å². The summed E-state index contributed by atoms with van der Waals surface area (Å²) >= 11 is 0. The van der Waals surface area contributed by atoms with E-state index in [1.807, 2.05) is 6.07 Å². The van der Waals surface area contributed by atoms with Crippen molar-refractivity contribution < 1.29 is 27.4 Å². The van der Waals surface area contributed by atoms with Crippen molar-refractivity contribution in [1.82, 2.24) is 0 Å². The van der Waals surface area contributed by atoms with E-state index in [-0.39, 0.29) is 11.3 Å². The van der Waals surface area contributed by atoms with Crippen LogP contribution < -0.4 is 9.47 Å². The van der Waals surface area contributed by atoms with Crippen LogP contribution in [0.4, 0.5) is 13.2 Å². The molecule has 0 saturated carbocycles. The number of methoxy groups -OCH3 is 1. The fourth-order valence-electron chi connectivity index (χ4n) is 1.10. The number of ether oxygens (including phenoxy) is 3. The minimum atomic E-state index is -4.39. The number of hydrogen-bond donors (Lipinski definition) is 0. The molecule has 0 amide bonds. The first-order valence-electron chi connectivity index (χ1n) is 4.81. The molecule has 0 aliphatic rings. The SMILES string of the molecule is COc1cc(C#N)cc(OCOCC(F)(F)F)c1. The maximum Gasteiger partial charge on any atom is 0.411 e. The Balaban J connectivity index is 2.54. The minimum absolute atomic E-state index is 0.202. The number of hydrogen-bond acceptors (Lipinski definition) is 4. The van der Waals surface area contributed by atoms with Crippen LogP contribution in [-0.4, -0.2) is 26.7 Å². The van der Waals surface area contributed by atoms with Gasteiger partial charge in [0.25, 0.3) is 0 Å². The molecule has 18 heavy (non-hydrogen) atoms. The standard InChI is InChI=1S/C11H10F3NO3/c1-16-9-2-8(5-15)3-10(4-9)18-7-17-6-11(12,13)14/h2-4H,6-7H2,1H3. The smallest absolute Gasteiger partial charge is 0.411 e. The van der Waals surface area contributed by atoms with Crippen LogP contribution in [0.3, 0.4) is 0 Å². The summed E-state index contributed by atoms with van der Waals surface area (Å²) in [6.07, 6.45) is -4.39. The highest BCUT2D eigenvalue weighted by Gasteiger charge is 2.27. The van der Waals surface area contributed by atoms with Crippen molar-refractivity contribution in [2.75, 3.05) is 20.5 Å². The summed E-state index contributed by atoms with van der Waals surface area (Å²) < 4.78 is 49.4. The zero-order valence-corrected chi connectivity index (χ0v) is 9.45. The molecule has 0 unspecified atom stereocenters. The van der Waals surface area contributed by atoms with E-state index in [1.54, 1.807) is 0 Å². The highest BCUT2D eigenvalue weighted by molar-refractivity contribution is 5.43. The molecule has 7 heteroatoms. The molecule has 1 aromatic rings. The van der Waals surface area contributed by atoms with E-state index < -0.39 is 19.6 Å². The molecule has 0 spiro atoms. The summed E-state index contributed by atoms with van der Waals surface area (Å²) in [7, 11) is 1.40. The molecule has 0 N–H and O–H groups in total. The summed E-state index contributed by atoms with van der Waals surface area (Å²) in [5.74, 6) is 0.577. The van der Waals surface area contributed by atoms with Gasteiger partial charge in [0, 0.05) is 6.07 Å². The number of alkyl halides is 3. The van der Waals surface area contributed by atoms with Crippen molar-refractivity contribution in [1.29, 1.82) is 5.26 Å². The second kappa shape index (κ2) is 6.12. The molecule has 98 valence electrons. The van der Waals surface area contributed by atoms with Gasteiger partial charge in [-0.2, -0.15) is 18.4 Å². The van der Waals surface area contributed by atoms with E-state index in [0.29, 0.717) is 5.75 Å². The van der Waals surface area contributed by atoms with E-state index in [9.17, 15) is 13.2 Å². The van der Waals surface area contributed by atoms with Crippen LogP contribution in [0, 0.1) is 11.3 Å². The minimum Gasteiger partial charge on any atom is -0.497 e. The topological polar surface area (TPSA) is 51.5 Å². The quantitative estimate of drug-likeness (QED) is 0.603. The second-order valence-corrected chi connectivity index (χ2v) is 3.23. The summed E-state index contributed by atoms with van der Waals surface area (Å²) in [4.78, 5) is 0. The van der Waals surface area contributed by atoms with Crippen LogP contribution in [0.2, 0.25) is 0 Å². The van der Waals surface area contributed by atoms with Gasteiger partial charge in [0.1, 0.15) is 18.1 Å². The highest BCUT2D eigenvalue weighted by atomic mass is 19.4. The summed E-state index contributed by atoms with van der Waals surface area (Å²) in [5, 5.41) is 8.72. The molecule has 1 aromatic carbocycles. The Hall–Kier alpha value is -1.94. The molecule has 0 bridgehead atoms. The van der Waals surface area contributed by atoms with Gasteiger partial charge in [-0.1, -0.05) is 0 Å². The maximum atomic E-state index is 11.8. The first-order chi connectivity index (χ1) is 8.44. The van der Waals surface area contributed by atoms with Gasteiger partial charge < -0.3 is 14.2 Å². The van der Waals surface area contributed by atoms with E-state index in [0.717, 1.165) is 0 Å². The average Bonchev–Trinajstić information content (AvgIpc) is 2.33.